The van der Waals surface area contributed by atoms with Crippen molar-refractivity contribution < 1.29 is 14.3 Å². The Bertz CT molecular complexity index is 1460. The smallest absolute Gasteiger partial charge is 0.160 e. The molecule has 49 heavy (non-hydrogen) atoms. The molecule has 8 heteroatoms. The maximum absolute atomic E-state index is 13.3. The molecule has 6 rings (SSSR count). The summed E-state index contributed by atoms with van der Waals surface area (Å²) in [4.78, 5) is 38.7. The van der Waals surface area contributed by atoms with Gasteiger partial charge in [-0.25, -0.2) is 0 Å². The number of allylic oxidation sites excluding steroid dienone is 12. The molecule has 0 amide bonds. The summed E-state index contributed by atoms with van der Waals surface area (Å²) in [7, 11) is 0. The number of hydrogen-bond acceptors (Lipinski definition) is 8. The quantitative estimate of drug-likeness (QED) is 0.185. The van der Waals surface area contributed by atoms with Crippen LogP contribution in [0.5, 0.6) is 0 Å². The lowest BCUT2D eigenvalue weighted by atomic mass is 9.96. The summed E-state index contributed by atoms with van der Waals surface area (Å²) >= 11 is 1.69. The van der Waals surface area contributed by atoms with Gasteiger partial charge < -0.3 is 19.4 Å². The highest BCUT2D eigenvalue weighted by Gasteiger charge is 2.30. The fraction of sp³-hybridized carbons (Fsp3) is 0.561. The number of piperazine rings is 2. The lowest BCUT2D eigenvalue weighted by molar-refractivity contribution is -0.116. The first kappa shape index (κ1) is 36.1. The highest BCUT2D eigenvalue weighted by atomic mass is 32.2. The van der Waals surface area contributed by atoms with Gasteiger partial charge in [-0.2, -0.15) is 0 Å². The Morgan fingerprint density at radius 2 is 1.35 bits per heavy atom. The predicted molar refractivity (Wildman–Crippen MR) is 202 cm³/mol. The molecule has 0 bridgehead atoms. The summed E-state index contributed by atoms with van der Waals surface area (Å²) < 4.78 is 6.38. The first-order valence-corrected chi connectivity index (χ1v) is 19.6. The monoisotopic (exact) mass is 684 g/mol. The van der Waals surface area contributed by atoms with Crippen LogP contribution in [0, 0.1) is 5.92 Å². The van der Waals surface area contributed by atoms with E-state index in [9.17, 15) is 9.59 Å². The van der Waals surface area contributed by atoms with E-state index in [1.807, 2.05) is 6.92 Å². The van der Waals surface area contributed by atoms with Crippen LogP contribution in [0.25, 0.3) is 0 Å². The third kappa shape index (κ3) is 10.4. The number of rotatable bonds is 14. The van der Waals surface area contributed by atoms with Crippen LogP contribution in [0.15, 0.2) is 92.7 Å². The molecule has 2 saturated heterocycles. The number of hydrogen-bond donors (Lipinski definition) is 0. The largest absolute Gasteiger partial charge is 0.464 e. The fourth-order valence-electron chi connectivity index (χ4n) is 7.56. The molecule has 0 N–H and O–H groups in total. The summed E-state index contributed by atoms with van der Waals surface area (Å²) in [5.41, 5.74) is 3.38. The van der Waals surface area contributed by atoms with Gasteiger partial charge >= 0.3 is 0 Å². The minimum Gasteiger partial charge on any atom is -0.464 e. The average Bonchev–Trinajstić information content (AvgIpc) is 3.13. The van der Waals surface area contributed by atoms with Crippen LogP contribution in [0.4, 0.5) is 0 Å². The SMILES string of the molecule is C/C=C\C=C/C(C)CN1CCN(CCC(=O)C2=CC3=C(CC2)OC2=C(C=C(C(=O)CCN4CCN(CC5=CC=CCC5)CC4)CC2)S3)CC1. The van der Waals surface area contributed by atoms with E-state index in [0.717, 1.165) is 143 Å². The minimum absolute atomic E-state index is 0.260. The number of thioether (sulfide) groups is 1. The van der Waals surface area contributed by atoms with Crippen LogP contribution < -0.4 is 0 Å². The molecule has 7 nitrogen and oxygen atoms in total. The topological polar surface area (TPSA) is 56.3 Å². The Morgan fingerprint density at radius 3 is 1.90 bits per heavy atom. The van der Waals surface area contributed by atoms with Gasteiger partial charge in [-0.3, -0.25) is 14.5 Å². The first-order chi connectivity index (χ1) is 23.9. The molecule has 0 radical (unpaired) electrons. The van der Waals surface area contributed by atoms with Gasteiger partial charge in [0.15, 0.2) is 11.6 Å². The van der Waals surface area contributed by atoms with E-state index < -0.39 is 0 Å². The first-order valence-electron chi connectivity index (χ1n) is 18.8. The molecule has 3 heterocycles. The van der Waals surface area contributed by atoms with Crippen molar-refractivity contribution in [2.75, 3.05) is 78.5 Å². The van der Waals surface area contributed by atoms with Gasteiger partial charge in [0, 0.05) is 104 Å². The van der Waals surface area contributed by atoms with E-state index >= 15 is 0 Å². The third-order valence-electron chi connectivity index (χ3n) is 10.6. The Hall–Kier alpha value is -2.75. The number of ether oxygens (including phenoxy) is 1. The zero-order valence-electron chi connectivity index (χ0n) is 29.8. The molecule has 0 aromatic rings. The Labute approximate surface area is 298 Å². The number of ketones is 2. The fourth-order valence-corrected chi connectivity index (χ4v) is 8.71. The molecule has 0 aromatic heterocycles. The highest BCUT2D eigenvalue weighted by Crippen LogP contribution is 2.46. The predicted octanol–water partition coefficient (Wildman–Crippen LogP) is 6.81. The molecule has 3 aliphatic heterocycles. The molecule has 0 aromatic carbocycles. The van der Waals surface area contributed by atoms with Crippen LogP contribution in [-0.2, 0) is 14.3 Å². The summed E-state index contributed by atoms with van der Waals surface area (Å²) in [5, 5.41) is 0. The van der Waals surface area contributed by atoms with E-state index in [4.69, 9.17) is 4.74 Å². The van der Waals surface area contributed by atoms with Gasteiger partial charge in [0.25, 0.3) is 0 Å². The van der Waals surface area contributed by atoms with Crippen molar-refractivity contribution in [1.82, 2.24) is 19.6 Å². The number of nitrogens with zero attached hydrogens (tertiary/aromatic N) is 4. The van der Waals surface area contributed by atoms with Crippen molar-refractivity contribution in [2.24, 2.45) is 5.92 Å². The van der Waals surface area contributed by atoms with E-state index in [1.165, 1.54) is 12.0 Å². The maximum Gasteiger partial charge on any atom is 0.160 e. The number of carbonyl (C=O) groups excluding carboxylic acids is 2. The van der Waals surface area contributed by atoms with Crippen molar-refractivity contribution in [1.29, 1.82) is 0 Å². The molecule has 2 fully saturated rings. The Balaban J connectivity index is 0.924. The molecule has 3 aliphatic carbocycles. The third-order valence-corrected chi connectivity index (χ3v) is 11.8. The van der Waals surface area contributed by atoms with E-state index in [2.05, 4.69) is 81.2 Å². The molecular weight excluding hydrogens is 629 g/mol. The molecule has 1 unspecified atom stereocenters. The van der Waals surface area contributed by atoms with E-state index in [0.29, 0.717) is 18.8 Å². The van der Waals surface area contributed by atoms with Crippen molar-refractivity contribution in [3.05, 3.63) is 92.7 Å². The van der Waals surface area contributed by atoms with Crippen molar-refractivity contribution >= 4 is 23.3 Å². The van der Waals surface area contributed by atoms with Gasteiger partial charge in [-0.1, -0.05) is 66.8 Å². The van der Waals surface area contributed by atoms with Crippen LogP contribution in [0.2, 0.25) is 0 Å². The average molecular weight is 685 g/mol. The summed E-state index contributed by atoms with van der Waals surface area (Å²) in [6, 6.07) is 0. The van der Waals surface area contributed by atoms with Crippen LogP contribution >= 0.6 is 11.8 Å². The molecule has 1 atom stereocenters. The lowest BCUT2D eigenvalue weighted by Crippen LogP contribution is -2.47. The van der Waals surface area contributed by atoms with Crippen LogP contribution in [-0.4, -0.2) is 110 Å². The lowest BCUT2D eigenvalue weighted by Gasteiger charge is -2.35. The van der Waals surface area contributed by atoms with Crippen molar-refractivity contribution in [2.45, 2.75) is 65.2 Å². The standard InChI is InChI=1S/C41H56N4O3S/c1-3-4-6-9-32(2)30-44-24-20-42(21-25-44)18-16-36(46)34-12-14-38-40(28-34)49-41-29-35(13-15-39(41)48-38)37(47)17-19-43-22-26-45(27-23-43)31-33-10-7-5-8-11-33/h3-7,9-10,28-29,32H,8,11-27,30-31H2,1-2H3/b4-3-,9-6-. The number of Topliss-reactive ketones (excluding diaryl/α,β-unsaturated/α-hetero) is 2. The normalized spacial score (nSPS) is 23.7. The minimum atomic E-state index is 0.260. The van der Waals surface area contributed by atoms with Gasteiger partial charge in [0.2, 0.25) is 0 Å². The summed E-state index contributed by atoms with van der Waals surface area (Å²) in [6.45, 7) is 16.5. The van der Waals surface area contributed by atoms with Gasteiger partial charge in [-0.05, 0) is 61.8 Å². The second-order valence-corrected chi connectivity index (χ2v) is 15.5. The molecule has 6 aliphatic rings. The molecule has 0 spiro atoms. The molecule has 0 saturated carbocycles. The Kier molecular flexibility index (Phi) is 13.2. The van der Waals surface area contributed by atoms with Gasteiger partial charge in [0.1, 0.15) is 11.5 Å². The summed E-state index contributed by atoms with van der Waals surface area (Å²) in [5.74, 6) is 3.04. The van der Waals surface area contributed by atoms with E-state index in [1.54, 1.807) is 11.8 Å². The van der Waals surface area contributed by atoms with Crippen molar-refractivity contribution in [3.63, 3.8) is 0 Å². The van der Waals surface area contributed by atoms with Crippen LogP contribution in [0.3, 0.4) is 0 Å². The summed E-state index contributed by atoms with van der Waals surface area (Å²) in [6.07, 6.45) is 26.0. The second kappa shape index (κ2) is 18.0. The van der Waals surface area contributed by atoms with Crippen molar-refractivity contribution in [3.8, 4) is 0 Å². The molecular formula is C41H56N4O3S. The van der Waals surface area contributed by atoms with Crippen LogP contribution in [0.1, 0.15) is 65.2 Å². The Morgan fingerprint density at radius 1 is 0.776 bits per heavy atom. The highest BCUT2D eigenvalue weighted by molar-refractivity contribution is 8.07. The van der Waals surface area contributed by atoms with Gasteiger partial charge in [-0.15, -0.1) is 0 Å². The zero-order chi connectivity index (χ0) is 34.0. The van der Waals surface area contributed by atoms with Gasteiger partial charge in [0.05, 0.1) is 9.81 Å². The second-order valence-electron chi connectivity index (χ2n) is 14.4. The maximum atomic E-state index is 13.3. The molecule has 264 valence electrons. The van der Waals surface area contributed by atoms with E-state index in [-0.39, 0.29) is 11.6 Å². The zero-order valence-corrected chi connectivity index (χ0v) is 30.7. The number of carbonyl (C=O) groups is 2.